The topological polar surface area (TPSA) is 76.7 Å². The molecule has 3 rings (SSSR count). The smallest absolute Gasteiger partial charge is 0.223 e. The van der Waals surface area contributed by atoms with Crippen LogP contribution in [0.3, 0.4) is 0 Å². The maximum absolute atomic E-state index is 12.2. The van der Waals surface area contributed by atoms with Gasteiger partial charge in [-0.05, 0) is 54.7 Å². The maximum atomic E-state index is 12.2. The van der Waals surface area contributed by atoms with Gasteiger partial charge < -0.3 is 20.1 Å². The number of rotatable bonds is 10. The van der Waals surface area contributed by atoms with Crippen LogP contribution in [0, 0.1) is 11.8 Å². The van der Waals surface area contributed by atoms with Gasteiger partial charge in [-0.25, -0.2) is 0 Å². The minimum Gasteiger partial charge on any atom is -0.497 e. The van der Waals surface area contributed by atoms with E-state index in [1.54, 1.807) is 14.2 Å². The maximum Gasteiger partial charge on any atom is 0.223 e. The first-order valence-corrected chi connectivity index (χ1v) is 9.92. The Morgan fingerprint density at radius 2 is 1.14 bits per heavy atom. The highest BCUT2D eigenvalue weighted by Crippen LogP contribution is 2.38. The molecule has 2 aromatic rings. The Labute approximate surface area is 171 Å². The summed E-state index contributed by atoms with van der Waals surface area (Å²) >= 11 is 0. The van der Waals surface area contributed by atoms with Crippen LogP contribution >= 0.6 is 0 Å². The van der Waals surface area contributed by atoms with Gasteiger partial charge in [-0.1, -0.05) is 24.3 Å². The zero-order valence-electron chi connectivity index (χ0n) is 16.9. The summed E-state index contributed by atoms with van der Waals surface area (Å²) in [6, 6.07) is 15.6. The van der Waals surface area contributed by atoms with Crippen LogP contribution in [0.4, 0.5) is 0 Å². The average molecular weight is 396 g/mol. The highest BCUT2D eigenvalue weighted by molar-refractivity contribution is 5.92. The first kappa shape index (κ1) is 20.7. The molecule has 1 fully saturated rings. The van der Waals surface area contributed by atoms with Crippen LogP contribution in [0.15, 0.2) is 48.5 Å². The fraction of sp³-hybridized carbons (Fsp3) is 0.391. The van der Waals surface area contributed by atoms with Gasteiger partial charge in [0.2, 0.25) is 11.8 Å². The molecule has 0 aromatic heterocycles. The fourth-order valence-corrected chi connectivity index (χ4v) is 3.28. The van der Waals surface area contributed by atoms with Crippen molar-refractivity contribution in [2.45, 2.75) is 19.3 Å². The molecule has 2 aromatic carbocycles. The number of carbonyl (C=O) groups excluding carboxylic acids is 2. The number of hydrogen-bond acceptors (Lipinski definition) is 4. The molecule has 6 heteroatoms. The molecule has 1 aliphatic rings. The number of carbonyl (C=O) groups is 2. The van der Waals surface area contributed by atoms with Crippen LogP contribution < -0.4 is 20.1 Å². The minimum absolute atomic E-state index is 0.0335. The normalized spacial score (nSPS) is 17.3. The third kappa shape index (κ3) is 5.98. The lowest BCUT2D eigenvalue weighted by molar-refractivity contribution is -0.127. The first-order chi connectivity index (χ1) is 14.1. The minimum atomic E-state index is -0.202. The van der Waals surface area contributed by atoms with E-state index in [1.165, 1.54) is 0 Å². The monoisotopic (exact) mass is 396 g/mol. The van der Waals surface area contributed by atoms with Gasteiger partial charge in [0.05, 0.1) is 26.1 Å². The van der Waals surface area contributed by atoms with Crippen LogP contribution in [0.1, 0.15) is 17.5 Å². The number of amides is 2. The Morgan fingerprint density at radius 3 is 1.48 bits per heavy atom. The molecule has 29 heavy (non-hydrogen) atoms. The van der Waals surface area contributed by atoms with Gasteiger partial charge in [-0.3, -0.25) is 9.59 Å². The molecule has 0 aliphatic heterocycles. The molecule has 0 saturated heterocycles. The highest BCUT2D eigenvalue weighted by atomic mass is 16.5. The molecule has 2 N–H and O–H groups in total. The lowest BCUT2D eigenvalue weighted by atomic mass is 10.1. The highest BCUT2D eigenvalue weighted by Gasteiger charge is 2.47. The van der Waals surface area contributed by atoms with Gasteiger partial charge in [0.15, 0.2) is 0 Å². The van der Waals surface area contributed by atoms with E-state index >= 15 is 0 Å². The van der Waals surface area contributed by atoms with Crippen molar-refractivity contribution >= 4 is 11.8 Å². The summed E-state index contributed by atoms with van der Waals surface area (Å²) in [6.07, 6.45) is 2.13. The molecule has 0 bridgehead atoms. The van der Waals surface area contributed by atoms with Crippen molar-refractivity contribution in [3.05, 3.63) is 59.7 Å². The van der Waals surface area contributed by atoms with Crippen LogP contribution in [0.2, 0.25) is 0 Å². The molecule has 0 heterocycles. The van der Waals surface area contributed by atoms with E-state index in [1.807, 2.05) is 48.5 Å². The summed E-state index contributed by atoms with van der Waals surface area (Å²) in [4.78, 5) is 24.5. The molecule has 6 nitrogen and oxygen atoms in total. The second kappa shape index (κ2) is 9.96. The van der Waals surface area contributed by atoms with E-state index in [0.717, 1.165) is 35.5 Å². The predicted molar refractivity (Wildman–Crippen MR) is 111 cm³/mol. The molecule has 0 radical (unpaired) electrons. The van der Waals surface area contributed by atoms with Crippen molar-refractivity contribution in [3.63, 3.8) is 0 Å². The summed E-state index contributed by atoms with van der Waals surface area (Å²) in [7, 11) is 3.27. The number of methoxy groups -OCH3 is 2. The molecule has 1 aliphatic carbocycles. The number of hydrogen-bond donors (Lipinski definition) is 2. The Hall–Kier alpha value is -3.02. The summed E-state index contributed by atoms with van der Waals surface area (Å²) in [5.74, 6) is 1.16. The molecular formula is C23H28N2O4. The van der Waals surface area contributed by atoms with Crippen molar-refractivity contribution < 1.29 is 19.1 Å². The molecule has 0 spiro atoms. The molecule has 2 atom stereocenters. The first-order valence-electron chi connectivity index (χ1n) is 9.92. The van der Waals surface area contributed by atoms with Crippen LogP contribution in [0.25, 0.3) is 0 Å². The summed E-state index contributed by atoms with van der Waals surface area (Å²) in [6.45, 7) is 1.13. The van der Waals surface area contributed by atoms with Crippen molar-refractivity contribution in [2.75, 3.05) is 27.3 Å². The second-order valence-electron chi connectivity index (χ2n) is 7.23. The fourth-order valence-electron chi connectivity index (χ4n) is 3.28. The third-order valence-electron chi connectivity index (χ3n) is 5.21. The van der Waals surface area contributed by atoms with Gasteiger partial charge in [0.1, 0.15) is 11.5 Å². The second-order valence-corrected chi connectivity index (χ2v) is 7.23. The average Bonchev–Trinajstić information content (AvgIpc) is 3.56. The molecule has 2 amide bonds. The molecule has 1 saturated carbocycles. The Bertz CT molecular complexity index is 748. The Kier molecular flexibility index (Phi) is 7.11. The zero-order chi connectivity index (χ0) is 20.6. The lowest BCUT2D eigenvalue weighted by Crippen LogP contribution is -2.32. The van der Waals surface area contributed by atoms with Crippen LogP contribution in [-0.2, 0) is 22.4 Å². The number of benzene rings is 2. The SMILES string of the molecule is COc1ccc(CCNC(=O)C2CC2C(=O)NCCc2ccc(OC)cc2)cc1. The lowest BCUT2D eigenvalue weighted by Gasteiger charge is -2.07. The van der Waals surface area contributed by atoms with Crippen molar-refractivity contribution in [1.82, 2.24) is 10.6 Å². The van der Waals surface area contributed by atoms with E-state index in [9.17, 15) is 9.59 Å². The van der Waals surface area contributed by atoms with Gasteiger partial charge in [-0.15, -0.1) is 0 Å². The van der Waals surface area contributed by atoms with Gasteiger partial charge in [0, 0.05) is 13.1 Å². The van der Waals surface area contributed by atoms with Gasteiger partial charge in [-0.2, -0.15) is 0 Å². The van der Waals surface area contributed by atoms with E-state index in [0.29, 0.717) is 19.5 Å². The quantitative estimate of drug-likeness (QED) is 0.646. The molecule has 154 valence electrons. The predicted octanol–water partition coefficient (Wildman–Crippen LogP) is 2.36. The standard InChI is InChI=1S/C23H28N2O4/c1-28-18-7-3-16(4-8-18)11-13-24-22(26)20-15-21(20)23(27)25-14-12-17-5-9-19(29-2)10-6-17/h3-10,20-21H,11-15H2,1-2H3,(H,24,26)(H,25,27). The zero-order valence-corrected chi connectivity index (χ0v) is 16.9. The number of ether oxygens (including phenoxy) is 2. The van der Waals surface area contributed by atoms with E-state index in [2.05, 4.69) is 10.6 Å². The van der Waals surface area contributed by atoms with Crippen LogP contribution in [-0.4, -0.2) is 39.1 Å². The molecular weight excluding hydrogens is 368 g/mol. The largest absolute Gasteiger partial charge is 0.497 e. The van der Waals surface area contributed by atoms with Crippen molar-refractivity contribution in [1.29, 1.82) is 0 Å². The Morgan fingerprint density at radius 1 is 0.759 bits per heavy atom. The van der Waals surface area contributed by atoms with Crippen molar-refractivity contribution in [3.8, 4) is 11.5 Å². The summed E-state index contributed by atoms with van der Waals surface area (Å²) in [5.41, 5.74) is 2.27. The van der Waals surface area contributed by atoms with Crippen LogP contribution in [0.5, 0.6) is 11.5 Å². The van der Waals surface area contributed by atoms with Gasteiger partial charge in [0.25, 0.3) is 0 Å². The van der Waals surface area contributed by atoms with E-state index < -0.39 is 0 Å². The van der Waals surface area contributed by atoms with E-state index in [-0.39, 0.29) is 23.7 Å². The summed E-state index contributed by atoms with van der Waals surface area (Å²) in [5, 5.41) is 5.87. The Balaban J connectivity index is 1.32. The van der Waals surface area contributed by atoms with Gasteiger partial charge >= 0.3 is 0 Å². The summed E-state index contributed by atoms with van der Waals surface area (Å²) < 4.78 is 10.3. The van der Waals surface area contributed by atoms with Crippen molar-refractivity contribution in [2.24, 2.45) is 11.8 Å². The van der Waals surface area contributed by atoms with E-state index in [4.69, 9.17) is 9.47 Å². The molecule has 2 unspecified atom stereocenters. The third-order valence-corrected chi connectivity index (χ3v) is 5.21. The number of nitrogens with one attached hydrogen (secondary N) is 2.